The van der Waals surface area contributed by atoms with Crippen LogP contribution in [-0.4, -0.2) is 23.2 Å². The van der Waals surface area contributed by atoms with Crippen LogP contribution in [0.3, 0.4) is 0 Å². The van der Waals surface area contributed by atoms with Gasteiger partial charge in [-0.2, -0.15) is 0 Å². The van der Waals surface area contributed by atoms with Crippen molar-refractivity contribution >= 4 is 81.7 Å². The van der Waals surface area contributed by atoms with Crippen molar-refractivity contribution in [2.24, 2.45) is 5.92 Å². The monoisotopic (exact) mass is 498 g/mol. The number of rotatable bonds is 6. The zero-order chi connectivity index (χ0) is 20.1. The van der Waals surface area contributed by atoms with E-state index in [2.05, 4.69) is 28.3 Å². The fourth-order valence-corrected chi connectivity index (χ4v) is 12.1. The molecule has 0 radical (unpaired) electrons. The average molecular weight is 499 g/mol. The number of benzene rings is 1. The maximum Gasteiger partial charge on any atom is 0.282 e. The first-order valence-electron chi connectivity index (χ1n) is 7.70. The average Bonchev–Trinajstić information content (AvgIpc) is 3.21. The van der Waals surface area contributed by atoms with E-state index in [1.807, 2.05) is 0 Å². The highest BCUT2D eigenvalue weighted by Gasteiger charge is 2.24. The van der Waals surface area contributed by atoms with E-state index >= 15 is 0 Å². The molecule has 27 heavy (non-hydrogen) atoms. The van der Waals surface area contributed by atoms with Crippen LogP contribution in [0.15, 0.2) is 24.3 Å². The number of ketones is 1. The Morgan fingerprint density at radius 2 is 1.96 bits per heavy atom. The minimum Gasteiger partial charge on any atom is -0.345 e. The summed E-state index contributed by atoms with van der Waals surface area (Å²) in [7, 11) is 6.83. The number of nitrogens with zero attached hydrogens (tertiary/aromatic N) is 1. The third-order valence-electron chi connectivity index (χ3n) is 3.70. The molecule has 0 aliphatic heterocycles. The molecule has 2 rings (SSSR count). The van der Waals surface area contributed by atoms with Crippen LogP contribution in [0.2, 0.25) is 0 Å². The Morgan fingerprint density at radius 3 is 2.56 bits per heavy atom. The van der Waals surface area contributed by atoms with E-state index in [-0.39, 0.29) is 29.5 Å². The number of para-hydroxylation sites is 1. The molecule has 1 aromatic rings. The van der Waals surface area contributed by atoms with Crippen molar-refractivity contribution in [1.29, 1.82) is 0 Å². The van der Waals surface area contributed by atoms with Gasteiger partial charge in [0.05, 0.1) is 11.5 Å². The fraction of sp³-hybridized carbons (Fsp3) is 0.429. The van der Waals surface area contributed by atoms with Crippen LogP contribution >= 0.6 is 14.1 Å². The van der Waals surface area contributed by atoms with Crippen LogP contribution in [0, 0.1) is 16.0 Å². The largest absolute Gasteiger partial charge is 0.345 e. The number of amides is 1. The van der Waals surface area contributed by atoms with Crippen LogP contribution in [-0.2, 0) is 55.0 Å². The lowest BCUT2D eigenvalue weighted by Gasteiger charge is -2.09. The number of hydrogen-bond donors (Lipinski definition) is 1. The highest BCUT2D eigenvalue weighted by Crippen LogP contribution is 2.25. The van der Waals surface area contributed by atoms with Crippen molar-refractivity contribution in [2.75, 3.05) is 6.54 Å². The van der Waals surface area contributed by atoms with E-state index in [4.69, 9.17) is 0 Å². The van der Waals surface area contributed by atoms with Crippen LogP contribution in [0.4, 0.5) is 5.69 Å². The Hall–Kier alpha value is -0.540. The number of carbonyl (C=O) groups is 2. The summed E-state index contributed by atoms with van der Waals surface area (Å²) in [5.74, 6) is -0.542. The molecule has 0 spiro atoms. The van der Waals surface area contributed by atoms with Gasteiger partial charge >= 0.3 is 0 Å². The molecule has 1 aliphatic carbocycles. The summed E-state index contributed by atoms with van der Waals surface area (Å²) in [6.07, 6.45) is 3.85. The molecule has 0 bridgehead atoms. The SMILES string of the molecule is O=C(NCC(=O)C1CCCC1)c1ccccc1[N+](=O)[O-].S=PP=S=S=S=S. The van der Waals surface area contributed by atoms with Gasteiger partial charge in [0.2, 0.25) is 0 Å². The van der Waals surface area contributed by atoms with Crippen molar-refractivity contribution in [3.8, 4) is 0 Å². The lowest BCUT2D eigenvalue weighted by atomic mass is 10.0. The van der Waals surface area contributed by atoms with Gasteiger partial charge in [0, 0.05) is 26.1 Å². The molecule has 0 saturated heterocycles. The molecule has 1 N–H and O–H groups in total. The molecule has 1 aromatic carbocycles. The molecular formula is C14H16N2O4P2S5. The van der Waals surface area contributed by atoms with Gasteiger partial charge < -0.3 is 5.32 Å². The number of nitro benzene ring substituents is 1. The molecule has 1 amide bonds. The zero-order valence-electron chi connectivity index (χ0n) is 13.9. The van der Waals surface area contributed by atoms with Crippen molar-refractivity contribution < 1.29 is 14.5 Å². The van der Waals surface area contributed by atoms with Crippen LogP contribution in [0.5, 0.6) is 0 Å². The van der Waals surface area contributed by atoms with Gasteiger partial charge in [-0.1, -0.05) is 25.0 Å². The normalized spacial score (nSPS) is 13.3. The summed E-state index contributed by atoms with van der Waals surface area (Å²) in [6.45, 7) is -0.0600. The van der Waals surface area contributed by atoms with Crippen molar-refractivity contribution in [3.05, 3.63) is 39.9 Å². The second-order valence-electron chi connectivity index (χ2n) is 5.28. The van der Waals surface area contributed by atoms with E-state index < -0.39 is 10.8 Å². The van der Waals surface area contributed by atoms with Gasteiger partial charge in [-0.15, -0.1) is 0 Å². The summed E-state index contributed by atoms with van der Waals surface area (Å²) < 4.78 is 0. The van der Waals surface area contributed by atoms with Gasteiger partial charge in [-0.05, 0) is 69.2 Å². The highest BCUT2D eigenvalue weighted by molar-refractivity contribution is 8.63. The maximum absolute atomic E-state index is 11.9. The second-order valence-corrected chi connectivity index (χ2v) is 15.0. The highest BCUT2D eigenvalue weighted by atomic mass is 33.3. The van der Waals surface area contributed by atoms with Crippen molar-refractivity contribution in [2.45, 2.75) is 25.7 Å². The number of Topliss-reactive ketones (excluding diaryl/α,β-unsaturated/α-hetero) is 1. The first-order valence-corrected chi connectivity index (χ1v) is 16.2. The Labute approximate surface area is 178 Å². The standard InChI is InChI=1S/C14H16N2O4.P2S5/c17-13(10-5-1-2-6-10)9-15-14(18)11-7-3-4-8-12(11)16(19)20;3-1-2-5-7-6-4/h3-4,7-8,10H,1-2,5-6,9H2,(H,15,18);. The molecule has 0 aromatic heterocycles. The van der Waals surface area contributed by atoms with Gasteiger partial charge in [0.15, 0.2) is 5.78 Å². The number of nitro groups is 1. The summed E-state index contributed by atoms with van der Waals surface area (Å²) >= 11 is 9.23. The molecule has 6 nitrogen and oxygen atoms in total. The molecule has 1 aliphatic rings. The molecule has 13 heteroatoms. The number of hydrogen-bond acceptors (Lipinski definition) is 6. The van der Waals surface area contributed by atoms with Gasteiger partial charge in [-0.3, -0.25) is 19.7 Å². The third kappa shape index (κ3) is 9.47. The topological polar surface area (TPSA) is 89.3 Å². The molecule has 0 heterocycles. The Morgan fingerprint density at radius 1 is 1.30 bits per heavy atom. The predicted octanol–water partition coefficient (Wildman–Crippen LogP) is 3.79. The Kier molecular flexibility index (Phi) is 13.1. The van der Waals surface area contributed by atoms with Crippen molar-refractivity contribution in [3.63, 3.8) is 0 Å². The maximum atomic E-state index is 11.9. The Balaban J connectivity index is 0.000000445. The smallest absolute Gasteiger partial charge is 0.282 e. The molecule has 1 saturated carbocycles. The summed E-state index contributed by atoms with van der Waals surface area (Å²) in [5, 5.41) is 13.3. The predicted molar refractivity (Wildman–Crippen MR) is 123 cm³/mol. The van der Waals surface area contributed by atoms with Gasteiger partial charge in [0.25, 0.3) is 11.6 Å². The lowest BCUT2D eigenvalue weighted by molar-refractivity contribution is -0.385. The van der Waals surface area contributed by atoms with Gasteiger partial charge in [0.1, 0.15) is 5.56 Å². The molecule has 0 unspecified atom stereocenters. The summed E-state index contributed by atoms with van der Waals surface area (Å²) in [6, 6.07) is 5.71. The van der Waals surface area contributed by atoms with Gasteiger partial charge in [-0.25, -0.2) is 0 Å². The fourth-order valence-electron chi connectivity index (χ4n) is 2.52. The first kappa shape index (κ1) is 24.5. The van der Waals surface area contributed by atoms with Crippen LogP contribution in [0.1, 0.15) is 36.0 Å². The van der Waals surface area contributed by atoms with E-state index in [9.17, 15) is 19.7 Å². The molecule has 146 valence electrons. The van der Waals surface area contributed by atoms with E-state index in [1.54, 1.807) is 24.4 Å². The molecular weight excluding hydrogens is 482 g/mol. The number of nitrogens with one attached hydrogen (secondary N) is 1. The second kappa shape index (κ2) is 14.5. The van der Waals surface area contributed by atoms with Crippen molar-refractivity contribution in [1.82, 2.24) is 5.32 Å². The quantitative estimate of drug-likeness (QED) is 0.365. The summed E-state index contributed by atoms with van der Waals surface area (Å²) in [4.78, 5) is 34.0. The van der Waals surface area contributed by atoms with E-state index in [1.165, 1.54) is 34.1 Å². The van der Waals surface area contributed by atoms with Crippen LogP contribution in [0.25, 0.3) is 0 Å². The third-order valence-corrected chi connectivity index (χ3v) is 13.7. The zero-order valence-corrected chi connectivity index (χ0v) is 19.8. The minimum absolute atomic E-state index is 0.00874. The lowest BCUT2D eigenvalue weighted by Crippen LogP contribution is -2.32. The minimum atomic E-state index is -0.603. The van der Waals surface area contributed by atoms with E-state index in [0.717, 1.165) is 32.7 Å². The van der Waals surface area contributed by atoms with Crippen LogP contribution < -0.4 is 5.32 Å². The molecule has 0 atom stereocenters. The molecule has 1 fully saturated rings. The number of carbonyl (C=O) groups excluding carboxylic acids is 2. The van der Waals surface area contributed by atoms with E-state index in [0.29, 0.717) is 0 Å². The summed E-state index contributed by atoms with van der Waals surface area (Å²) in [5.41, 5.74) is -0.268. The Bertz CT molecular complexity index is 844. The first-order chi connectivity index (χ1) is 13.0.